The zero-order valence-electron chi connectivity index (χ0n) is 10.1. The number of piperazine rings is 1. The molecule has 1 aliphatic heterocycles. The van der Waals surface area contributed by atoms with Crippen LogP contribution in [-0.4, -0.2) is 42.5 Å². The van der Waals surface area contributed by atoms with E-state index in [1.54, 1.807) is 12.1 Å². The first kappa shape index (κ1) is 13.5. The zero-order valence-corrected chi connectivity index (χ0v) is 11.6. The third kappa shape index (κ3) is 3.51. The third-order valence-corrected chi connectivity index (χ3v) is 3.89. The molecule has 0 atom stereocenters. The van der Waals surface area contributed by atoms with Crippen molar-refractivity contribution in [3.05, 3.63) is 38.3 Å². The number of nitro benzene ring substituents is 1. The Labute approximate surface area is 114 Å². The highest BCUT2D eigenvalue weighted by Gasteiger charge is 2.12. The summed E-state index contributed by atoms with van der Waals surface area (Å²) in [5, 5.41) is 14.0. The Morgan fingerprint density at radius 3 is 2.72 bits per heavy atom. The van der Waals surface area contributed by atoms with E-state index in [2.05, 4.69) is 26.1 Å². The minimum atomic E-state index is -0.370. The van der Waals surface area contributed by atoms with Crippen molar-refractivity contribution in [2.75, 3.05) is 32.7 Å². The van der Waals surface area contributed by atoms with Gasteiger partial charge < -0.3 is 10.2 Å². The number of nitrogens with zero attached hydrogens (tertiary/aromatic N) is 2. The maximum atomic E-state index is 10.6. The van der Waals surface area contributed by atoms with E-state index in [0.29, 0.717) is 0 Å². The van der Waals surface area contributed by atoms with Crippen LogP contribution in [0, 0.1) is 10.1 Å². The molecule has 0 spiro atoms. The van der Waals surface area contributed by atoms with Gasteiger partial charge in [-0.15, -0.1) is 0 Å². The summed E-state index contributed by atoms with van der Waals surface area (Å²) in [5.41, 5.74) is 1.26. The number of hydrogen-bond donors (Lipinski definition) is 1. The summed E-state index contributed by atoms with van der Waals surface area (Å²) in [7, 11) is 0. The second kappa shape index (κ2) is 6.26. The van der Waals surface area contributed by atoms with Crippen molar-refractivity contribution in [1.82, 2.24) is 10.2 Å². The molecular formula is C12H16BrN3O2. The summed E-state index contributed by atoms with van der Waals surface area (Å²) < 4.78 is 0.826. The van der Waals surface area contributed by atoms with Crippen molar-refractivity contribution in [3.63, 3.8) is 0 Å². The molecular weight excluding hydrogens is 298 g/mol. The molecule has 0 amide bonds. The van der Waals surface area contributed by atoms with Crippen LogP contribution < -0.4 is 5.32 Å². The molecule has 0 aromatic heterocycles. The summed E-state index contributed by atoms with van der Waals surface area (Å²) in [6.45, 7) is 5.23. The van der Waals surface area contributed by atoms with Crippen LogP contribution in [0.15, 0.2) is 22.7 Å². The van der Waals surface area contributed by atoms with E-state index in [4.69, 9.17) is 0 Å². The van der Waals surface area contributed by atoms with Gasteiger partial charge in [0.2, 0.25) is 0 Å². The Morgan fingerprint density at radius 1 is 1.39 bits per heavy atom. The number of rotatable bonds is 4. The van der Waals surface area contributed by atoms with Crippen LogP contribution in [0.2, 0.25) is 0 Å². The van der Waals surface area contributed by atoms with Crippen molar-refractivity contribution in [3.8, 4) is 0 Å². The normalized spacial score (nSPS) is 16.7. The smallest absolute Gasteiger partial charge is 0.270 e. The van der Waals surface area contributed by atoms with Gasteiger partial charge in [-0.3, -0.25) is 10.1 Å². The van der Waals surface area contributed by atoms with Gasteiger partial charge in [-0.1, -0.05) is 22.0 Å². The summed E-state index contributed by atoms with van der Waals surface area (Å²) in [6.07, 6.45) is 0.915. The maximum Gasteiger partial charge on any atom is 0.270 e. The number of nitrogens with one attached hydrogen (secondary N) is 1. The topological polar surface area (TPSA) is 58.4 Å². The number of halogens is 1. The Hall–Kier alpha value is -0.980. The first-order valence-corrected chi connectivity index (χ1v) is 6.82. The number of hydrogen-bond acceptors (Lipinski definition) is 4. The Balaban J connectivity index is 1.94. The average Bonchev–Trinajstić information content (AvgIpc) is 2.38. The average molecular weight is 314 g/mol. The zero-order chi connectivity index (χ0) is 13.0. The lowest BCUT2D eigenvalue weighted by molar-refractivity contribution is -0.384. The fraction of sp³-hybridized carbons (Fsp3) is 0.500. The van der Waals surface area contributed by atoms with Gasteiger partial charge in [0, 0.05) is 49.3 Å². The standard InChI is InChI=1S/C12H16BrN3O2/c13-12-9-11(16(17)18)2-1-10(12)3-6-15-7-4-14-5-8-15/h1-2,9,14H,3-8H2. The highest BCUT2D eigenvalue weighted by Crippen LogP contribution is 2.23. The molecule has 5 nitrogen and oxygen atoms in total. The molecule has 1 aromatic rings. The van der Waals surface area contributed by atoms with Crippen LogP contribution in [0.25, 0.3) is 0 Å². The van der Waals surface area contributed by atoms with Gasteiger partial charge in [-0.25, -0.2) is 0 Å². The first-order chi connectivity index (χ1) is 8.66. The summed E-state index contributed by atoms with van der Waals surface area (Å²) >= 11 is 3.41. The van der Waals surface area contributed by atoms with Crippen LogP contribution in [0.4, 0.5) is 5.69 Å². The van der Waals surface area contributed by atoms with Gasteiger partial charge in [-0.05, 0) is 12.0 Å². The highest BCUT2D eigenvalue weighted by molar-refractivity contribution is 9.10. The molecule has 1 aromatic carbocycles. The summed E-state index contributed by atoms with van der Waals surface area (Å²) in [6, 6.07) is 4.98. The van der Waals surface area contributed by atoms with Gasteiger partial charge in [0.05, 0.1) is 4.92 Å². The van der Waals surface area contributed by atoms with E-state index < -0.39 is 0 Å². The Kier molecular flexibility index (Phi) is 4.68. The van der Waals surface area contributed by atoms with E-state index >= 15 is 0 Å². The van der Waals surface area contributed by atoms with Gasteiger partial charge in [0.25, 0.3) is 5.69 Å². The van der Waals surface area contributed by atoms with Gasteiger partial charge >= 0.3 is 0 Å². The minimum Gasteiger partial charge on any atom is -0.314 e. The lowest BCUT2D eigenvalue weighted by atomic mass is 10.1. The van der Waals surface area contributed by atoms with Crippen LogP contribution >= 0.6 is 15.9 Å². The predicted molar refractivity (Wildman–Crippen MR) is 73.8 cm³/mol. The van der Waals surface area contributed by atoms with E-state index in [1.165, 1.54) is 0 Å². The fourth-order valence-electron chi connectivity index (χ4n) is 2.07. The summed E-state index contributed by atoms with van der Waals surface area (Å²) in [5.74, 6) is 0. The molecule has 1 N–H and O–H groups in total. The minimum absolute atomic E-state index is 0.132. The lowest BCUT2D eigenvalue weighted by Crippen LogP contribution is -2.44. The van der Waals surface area contributed by atoms with Gasteiger partial charge in [0.15, 0.2) is 0 Å². The first-order valence-electron chi connectivity index (χ1n) is 6.03. The van der Waals surface area contributed by atoms with E-state index in [0.717, 1.165) is 49.2 Å². The molecule has 18 heavy (non-hydrogen) atoms. The molecule has 0 unspecified atom stereocenters. The van der Waals surface area contributed by atoms with Crippen LogP contribution in [0.1, 0.15) is 5.56 Å². The predicted octanol–water partition coefficient (Wildman–Crippen LogP) is 1.80. The monoisotopic (exact) mass is 313 g/mol. The van der Waals surface area contributed by atoms with Crippen molar-refractivity contribution >= 4 is 21.6 Å². The van der Waals surface area contributed by atoms with Crippen LogP contribution in [0.3, 0.4) is 0 Å². The maximum absolute atomic E-state index is 10.6. The van der Waals surface area contributed by atoms with Crippen molar-refractivity contribution in [1.29, 1.82) is 0 Å². The molecule has 1 saturated heterocycles. The molecule has 1 fully saturated rings. The number of benzene rings is 1. The third-order valence-electron chi connectivity index (χ3n) is 3.15. The molecule has 0 radical (unpaired) electrons. The molecule has 0 saturated carbocycles. The van der Waals surface area contributed by atoms with Gasteiger partial charge in [-0.2, -0.15) is 0 Å². The van der Waals surface area contributed by atoms with Crippen LogP contribution in [-0.2, 0) is 6.42 Å². The highest BCUT2D eigenvalue weighted by atomic mass is 79.9. The van der Waals surface area contributed by atoms with Gasteiger partial charge in [0.1, 0.15) is 0 Å². The van der Waals surface area contributed by atoms with Crippen molar-refractivity contribution in [2.45, 2.75) is 6.42 Å². The van der Waals surface area contributed by atoms with Crippen LogP contribution in [0.5, 0.6) is 0 Å². The van der Waals surface area contributed by atoms with E-state index in [1.807, 2.05) is 6.07 Å². The molecule has 98 valence electrons. The molecule has 0 aliphatic carbocycles. The number of non-ortho nitro benzene ring substituents is 1. The van der Waals surface area contributed by atoms with E-state index in [-0.39, 0.29) is 10.6 Å². The lowest BCUT2D eigenvalue weighted by Gasteiger charge is -2.27. The molecule has 1 aliphatic rings. The largest absolute Gasteiger partial charge is 0.314 e. The molecule has 0 bridgehead atoms. The SMILES string of the molecule is O=[N+]([O-])c1ccc(CCN2CCNCC2)c(Br)c1. The Morgan fingerprint density at radius 2 is 2.11 bits per heavy atom. The van der Waals surface area contributed by atoms with E-state index in [9.17, 15) is 10.1 Å². The molecule has 1 heterocycles. The molecule has 2 rings (SSSR count). The molecule has 6 heteroatoms. The second-order valence-electron chi connectivity index (χ2n) is 4.37. The quantitative estimate of drug-likeness (QED) is 0.680. The Bertz CT molecular complexity index is 433. The van der Waals surface area contributed by atoms with Crippen molar-refractivity contribution < 1.29 is 4.92 Å². The fourth-order valence-corrected chi connectivity index (χ4v) is 2.63. The second-order valence-corrected chi connectivity index (χ2v) is 5.23. The number of nitro groups is 1. The summed E-state index contributed by atoms with van der Waals surface area (Å²) in [4.78, 5) is 12.7. The van der Waals surface area contributed by atoms with Crippen molar-refractivity contribution in [2.24, 2.45) is 0 Å².